The molecule has 0 atom stereocenters. The van der Waals surface area contributed by atoms with E-state index in [2.05, 4.69) is 31.0 Å². The van der Waals surface area contributed by atoms with E-state index in [4.69, 9.17) is 4.42 Å². The first-order chi connectivity index (χ1) is 13.7. The monoisotopic (exact) mass is 509 g/mol. The minimum absolute atomic E-state index is 0. The van der Waals surface area contributed by atoms with Crippen molar-refractivity contribution in [1.82, 2.24) is 25.4 Å². The molecule has 1 amide bonds. The first kappa shape index (κ1) is 22.4. The molecular formula is C19H24IN7O2. The first-order valence-electron chi connectivity index (χ1n) is 8.94. The molecule has 154 valence electrons. The molecule has 0 radical (unpaired) electrons. The molecule has 9 nitrogen and oxygen atoms in total. The number of amides is 1. The van der Waals surface area contributed by atoms with E-state index >= 15 is 0 Å². The van der Waals surface area contributed by atoms with Crippen LogP contribution in [0, 0.1) is 0 Å². The topological polar surface area (TPSA) is 109 Å². The molecule has 3 N–H and O–H groups in total. The smallest absolute Gasteiger partial charge is 0.291 e. The van der Waals surface area contributed by atoms with E-state index < -0.39 is 0 Å². The summed E-state index contributed by atoms with van der Waals surface area (Å²) in [7, 11) is 1.85. The van der Waals surface area contributed by atoms with Crippen LogP contribution in [0.1, 0.15) is 28.9 Å². The van der Waals surface area contributed by atoms with Crippen LogP contribution in [0.3, 0.4) is 0 Å². The van der Waals surface area contributed by atoms with Crippen molar-refractivity contribution in [3.63, 3.8) is 0 Å². The zero-order valence-electron chi connectivity index (χ0n) is 16.3. The number of aromatic nitrogens is 3. The lowest BCUT2D eigenvalue weighted by molar-refractivity contribution is 0.0996. The van der Waals surface area contributed by atoms with Crippen molar-refractivity contribution in [3.8, 4) is 0 Å². The van der Waals surface area contributed by atoms with Crippen molar-refractivity contribution in [2.45, 2.75) is 20.0 Å². The maximum absolute atomic E-state index is 12.0. The molecule has 0 saturated carbocycles. The van der Waals surface area contributed by atoms with E-state index in [1.54, 1.807) is 16.8 Å². The number of benzene rings is 1. The van der Waals surface area contributed by atoms with Crippen LogP contribution < -0.4 is 16.0 Å². The number of anilines is 1. The van der Waals surface area contributed by atoms with Crippen LogP contribution in [0.5, 0.6) is 0 Å². The van der Waals surface area contributed by atoms with Crippen LogP contribution in [-0.2, 0) is 20.1 Å². The molecule has 0 bridgehead atoms. The van der Waals surface area contributed by atoms with Gasteiger partial charge in [-0.05, 0) is 36.8 Å². The molecule has 2 aromatic heterocycles. The molecule has 1 aromatic carbocycles. The van der Waals surface area contributed by atoms with Crippen LogP contribution in [0.2, 0.25) is 0 Å². The van der Waals surface area contributed by atoms with Crippen LogP contribution in [0.4, 0.5) is 5.69 Å². The minimum Gasteiger partial charge on any atom is -0.459 e. The van der Waals surface area contributed by atoms with E-state index in [0.717, 1.165) is 17.9 Å². The predicted molar refractivity (Wildman–Crippen MR) is 121 cm³/mol. The Bertz CT molecular complexity index is 920. The Morgan fingerprint density at radius 1 is 1.21 bits per heavy atom. The Hall–Kier alpha value is -2.89. The number of carbonyl (C=O) groups excluding carboxylic acids is 1. The highest BCUT2D eigenvalue weighted by Crippen LogP contribution is 2.12. The summed E-state index contributed by atoms with van der Waals surface area (Å²) in [5.74, 6) is 1.51. The third kappa shape index (κ3) is 6.59. The summed E-state index contributed by atoms with van der Waals surface area (Å²) in [6.07, 6.45) is 2.99. The normalized spacial score (nSPS) is 10.9. The fraction of sp³-hybridized carbons (Fsp3) is 0.263. The van der Waals surface area contributed by atoms with Gasteiger partial charge < -0.3 is 20.4 Å². The van der Waals surface area contributed by atoms with E-state index in [0.29, 0.717) is 24.7 Å². The number of aliphatic imine (C=N–C) groups is 1. The van der Waals surface area contributed by atoms with Gasteiger partial charge in [0.05, 0.1) is 19.4 Å². The highest BCUT2D eigenvalue weighted by molar-refractivity contribution is 14.0. The van der Waals surface area contributed by atoms with E-state index in [1.807, 2.05) is 38.2 Å². The Kier molecular flexibility index (Phi) is 8.65. The van der Waals surface area contributed by atoms with Crippen molar-refractivity contribution < 1.29 is 9.21 Å². The zero-order chi connectivity index (χ0) is 19.8. The molecular weight excluding hydrogens is 485 g/mol. The summed E-state index contributed by atoms with van der Waals surface area (Å²) in [4.78, 5) is 20.7. The van der Waals surface area contributed by atoms with Gasteiger partial charge in [0.1, 0.15) is 12.2 Å². The number of rotatable bonds is 7. The van der Waals surface area contributed by atoms with Gasteiger partial charge in [0.15, 0.2) is 11.7 Å². The van der Waals surface area contributed by atoms with Gasteiger partial charge >= 0.3 is 0 Å². The van der Waals surface area contributed by atoms with Crippen molar-refractivity contribution in [2.24, 2.45) is 12.0 Å². The lowest BCUT2D eigenvalue weighted by Gasteiger charge is -2.11. The lowest BCUT2D eigenvalue weighted by atomic mass is 10.2. The van der Waals surface area contributed by atoms with Crippen LogP contribution in [0.15, 0.2) is 58.4 Å². The second-order valence-electron chi connectivity index (χ2n) is 5.98. The zero-order valence-corrected chi connectivity index (χ0v) is 18.6. The largest absolute Gasteiger partial charge is 0.459 e. The van der Waals surface area contributed by atoms with E-state index in [1.165, 1.54) is 12.6 Å². The molecule has 0 aliphatic heterocycles. The van der Waals surface area contributed by atoms with Crippen molar-refractivity contribution in [2.75, 3.05) is 11.9 Å². The van der Waals surface area contributed by atoms with Gasteiger partial charge in [-0.25, -0.2) is 9.98 Å². The molecule has 0 aliphatic rings. The van der Waals surface area contributed by atoms with Crippen molar-refractivity contribution in [3.05, 3.63) is 66.1 Å². The Balaban J connectivity index is 0.00000300. The lowest BCUT2D eigenvalue weighted by Crippen LogP contribution is -2.37. The number of hydrogen-bond acceptors (Lipinski definition) is 5. The summed E-state index contributed by atoms with van der Waals surface area (Å²) in [6, 6.07) is 10.8. The second-order valence-corrected chi connectivity index (χ2v) is 5.98. The van der Waals surface area contributed by atoms with Crippen LogP contribution >= 0.6 is 24.0 Å². The fourth-order valence-electron chi connectivity index (χ4n) is 2.45. The van der Waals surface area contributed by atoms with Gasteiger partial charge in [-0.2, -0.15) is 5.10 Å². The number of nitrogens with zero attached hydrogens (tertiary/aromatic N) is 4. The number of carbonyl (C=O) groups is 1. The Labute approximate surface area is 186 Å². The maximum atomic E-state index is 12.0. The Morgan fingerprint density at radius 2 is 2.00 bits per heavy atom. The quantitative estimate of drug-likeness (QED) is 0.257. The number of hydrogen-bond donors (Lipinski definition) is 3. The molecule has 0 aliphatic carbocycles. The van der Waals surface area contributed by atoms with Crippen LogP contribution in [0.25, 0.3) is 0 Å². The van der Waals surface area contributed by atoms with Crippen molar-refractivity contribution >= 4 is 41.5 Å². The van der Waals surface area contributed by atoms with E-state index in [9.17, 15) is 4.79 Å². The third-order valence-electron chi connectivity index (χ3n) is 3.94. The highest BCUT2D eigenvalue weighted by atomic mass is 127. The highest BCUT2D eigenvalue weighted by Gasteiger charge is 2.08. The molecule has 2 heterocycles. The molecule has 3 aromatic rings. The number of furan rings is 1. The van der Waals surface area contributed by atoms with E-state index in [-0.39, 0.29) is 35.6 Å². The summed E-state index contributed by atoms with van der Waals surface area (Å²) in [5, 5.41) is 13.3. The summed E-state index contributed by atoms with van der Waals surface area (Å²) in [5.41, 5.74) is 1.72. The van der Waals surface area contributed by atoms with Gasteiger partial charge in [0.25, 0.3) is 5.91 Å². The summed E-state index contributed by atoms with van der Waals surface area (Å²) >= 11 is 0. The number of guanidine groups is 1. The summed E-state index contributed by atoms with van der Waals surface area (Å²) < 4.78 is 6.80. The van der Waals surface area contributed by atoms with Gasteiger partial charge in [-0.1, -0.05) is 12.1 Å². The van der Waals surface area contributed by atoms with Crippen LogP contribution in [-0.4, -0.2) is 33.2 Å². The second kappa shape index (κ2) is 11.2. The van der Waals surface area contributed by atoms with Gasteiger partial charge in [-0.3, -0.25) is 9.48 Å². The minimum atomic E-state index is -0.279. The number of halogens is 1. The SMILES string of the molecule is CCNC(=NCc1ccc(NC(=O)c2ccco2)cc1)NCc1ncnn1C.I. The standard InChI is InChI=1S/C19H23N7O2.HI/c1-3-20-19(22-12-17-23-13-24-26(17)2)21-11-14-6-8-15(9-7-14)25-18(27)16-5-4-10-28-16;/h4-10,13H,3,11-12H2,1-2H3,(H,25,27)(H2,20,21,22);1H. The molecule has 10 heteroatoms. The molecule has 3 rings (SSSR count). The summed E-state index contributed by atoms with van der Waals surface area (Å²) in [6.45, 7) is 3.79. The Morgan fingerprint density at radius 3 is 2.62 bits per heavy atom. The average Bonchev–Trinajstić information content (AvgIpc) is 3.37. The van der Waals surface area contributed by atoms with Gasteiger partial charge in [0, 0.05) is 19.3 Å². The molecule has 0 unspecified atom stereocenters. The van der Waals surface area contributed by atoms with Gasteiger partial charge in [-0.15, -0.1) is 24.0 Å². The van der Waals surface area contributed by atoms with Gasteiger partial charge in [0.2, 0.25) is 0 Å². The number of nitrogens with one attached hydrogen (secondary N) is 3. The fourth-order valence-corrected chi connectivity index (χ4v) is 2.45. The molecule has 29 heavy (non-hydrogen) atoms. The predicted octanol–water partition coefficient (Wildman–Crippen LogP) is 2.53. The molecule has 0 spiro atoms. The molecule has 0 fully saturated rings. The molecule has 0 saturated heterocycles. The average molecular weight is 509 g/mol. The maximum Gasteiger partial charge on any atom is 0.291 e. The first-order valence-corrected chi connectivity index (χ1v) is 8.94. The third-order valence-corrected chi connectivity index (χ3v) is 3.94. The van der Waals surface area contributed by atoms with Crippen molar-refractivity contribution in [1.29, 1.82) is 0 Å². The number of aryl methyl sites for hydroxylation is 1.